The van der Waals surface area contributed by atoms with Crippen molar-refractivity contribution in [3.63, 3.8) is 0 Å². The Hall–Kier alpha value is -0.170. The molecule has 1 fully saturated rings. The van der Waals surface area contributed by atoms with Crippen molar-refractivity contribution in [2.45, 2.75) is 53.5 Å². The molecule has 1 heterocycles. The first-order valence-corrected chi connectivity index (χ1v) is 9.65. The molecule has 1 unspecified atom stereocenters. The molecule has 0 aromatic rings. The molecule has 0 spiro atoms. The summed E-state index contributed by atoms with van der Waals surface area (Å²) in [5, 5.41) is 3.43. The fourth-order valence-electron chi connectivity index (χ4n) is 2.76. The van der Waals surface area contributed by atoms with Gasteiger partial charge in [-0.05, 0) is 31.2 Å². The lowest BCUT2D eigenvalue weighted by Crippen LogP contribution is -2.50. The molecule has 126 valence electrons. The highest BCUT2D eigenvalue weighted by Gasteiger charge is 2.33. The van der Waals surface area contributed by atoms with E-state index in [0.29, 0.717) is 44.1 Å². The highest BCUT2D eigenvalue weighted by Crippen LogP contribution is 2.21. The van der Waals surface area contributed by atoms with Crippen molar-refractivity contribution in [1.29, 1.82) is 0 Å². The zero-order valence-electron chi connectivity index (χ0n) is 14.3. The minimum Gasteiger partial charge on any atom is -0.314 e. The minimum absolute atomic E-state index is 0.350. The monoisotopic (exact) mass is 319 g/mol. The summed E-state index contributed by atoms with van der Waals surface area (Å²) in [6.07, 6.45) is 2.07. The molecule has 0 bridgehead atoms. The largest absolute Gasteiger partial charge is 0.314 e. The number of nitrogens with one attached hydrogen (secondary N) is 1. The van der Waals surface area contributed by atoms with E-state index in [2.05, 4.69) is 33.0 Å². The number of piperidine rings is 1. The summed E-state index contributed by atoms with van der Waals surface area (Å²) >= 11 is 0. The predicted molar refractivity (Wildman–Crippen MR) is 88.4 cm³/mol. The molecule has 1 saturated heterocycles. The average Bonchev–Trinajstić information content (AvgIpc) is 2.42. The summed E-state index contributed by atoms with van der Waals surface area (Å²) in [5.41, 5.74) is 0. The second-order valence-electron chi connectivity index (χ2n) is 6.78. The maximum absolute atomic E-state index is 12.8. The van der Waals surface area contributed by atoms with Gasteiger partial charge in [0, 0.05) is 32.2 Å². The van der Waals surface area contributed by atoms with E-state index in [9.17, 15) is 8.42 Å². The second kappa shape index (κ2) is 8.46. The fraction of sp³-hybridized carbons (Fsp3) is 1.00. The zero-order chi connectivity index (χ0) is 16.0. The second-order valence-corrected chi connectivity index (χ2v) is 8.71. The van der Waals surface area contributed by atoms with Crippen molar-refractivity contribution in [2.75, 3.05) is 32.7 Å². The first-order valence-electron chi connectivity index (χ1n) is 8.26. The third kappa shape index (κ3) is 5.85. The molecule has 1 aliphatic heterocycles. The van der Waals surface area contributed by atoms with Crippen LogP contribution in [0.1, 0.15) is 47.5 Å². The molecular weight excluding hydrogens is 286 g/mol. The van der Waals surface area contributed by atoms with Gasteiger partial charge in [-0.25, -0.2) is 0 Å². The van der Waals surface area contributed by atoms with Crippen molar-refractivity contribution in [3.05, 3.63) is 0 Å². The molecule has 0 aromatic carbocycles. The van der Waals surface area contributed by atoms with Gasteiger partial charge in [-0.3, -0.25) is 0 Å². The quantitative estimate of drug-likeness (QED) is 0.743. The Morgan fingerprint density at radius 3 is 2.48 bits per heavy atom. The van der Waals surface area contributed by atoms with Crippen molar-refractivity contribution in [2.24, 2.45) is 11.8 Å². The standard InChI is InChI=1S/C15H33N3O2S/c1-6-17(11-13(2)3)21(19,20)18-9-7-8-15(12-18)10-16-14(4)5/h13-16H,6-12H2,1-5H3. The van der Waals surface area contributed by atoms with E-state index >= 15 is 0 Å². The number of nitrogens with zero attached hydrogens (tertiary/aromatic N) is 2. The number of rotatable bonds is 8. The van der Waals surface area contributed by atoms with Crippen LogP contribution in [0.4, 0.5) is 0 Å². The van der Waals surface area contributed by atoms with Crippen molar-refractivity contribution < 1.29 is 8.42 Å². The van der Waals surface area contributed by atoms with Crippen LogP contribution in [0, 0.1) is 11.8 Å². The Balaban J connectivity index is 2.68. The van der Waals surface area contributed by atoms with Crippen LogP contribution in [0.5, 0.6) is 0 Å². The topological polar surface area (TPSA) is 52.7 Å². The van der Waals surface area contributed by atoms with Gasteiger partial charge in [0.15, 0.2) is 0 Å². The zero-order valence-corrected chi connectivity index (χ0v) is 15.1. The highest BCUT2D eigenvalue weighted by molar-refractivity contribution is 7.86. The van der Waals surface area contributed by atoms with E-state index in [1.165, 1.54) is 0 Å². The summed E-state index contributed by atoms with van der Waals surface area (Å²) in [5.74, 6) is 0.775. The molecule has 21 heavy (non-hydrogen) atoms. The first-order chi connectivity index (χ1) is 9.77. The lowest BCUT2D eigenvalue weighted by molar-refractivity contribution is 0.236. The van der Waals surface area contributed by atoms with Gasteiger partial charge in [0.1, 0.15) is 0 Å². The number of hydrogen-bond donors (Lipinski definition) is 1. The maximum Gasteiger partial charge on any atom is 0.281 e. The molecule has 0 aromatic heterocycles. The van der Waals surface area contributed by atoms with Crippen LogP contribution < -0.4 is 5.32 Å². The van der Waals surface area contributed by atoms with E-state index in [4.69, 9.17) is 0 Å². The summed E-state index contributed by atoms with van der Waals surface area (Å²) < 4.78 is 28.8. The van der Waals surface area contributed by atoms with Crippen molar-refractivity contribution in [1.82, 2.24) is 13.9 Å². The summed E-state index contributed by atoms with van der Waals surface area (Å²) in [7, 11) is -3.30. The lowest BCUT2D eigenvalue weighted by atomic mass is 9.99. The highest BCUT2D eigenvalue weighted by atomic mass is 32.2. The van der Waals surface area contributed by atoms with Crippen LogP contribution in [0.25, 0.3) is 0 Å². The molecule has 6 heteroatoms. The SMILES string of the molecule is CCN(CC(C)C)S(=O)(=O)N1CCCC(CNC(C)C)C1. The maximum atomic E-state index is 12.8. The van der Waals surface area contributed by atoms with E-state index in [1.807, 2.05) is 6.92 Å². The molecule has 5 nitrogen and oxygen atoms in total. The van der Waals surface area contributed by atoms with Gasteiger partial charge in [0.2, 0.25) is 0 Å². The molecule has 0 aliphatic carbocycles. The smallest absolute Gasteiger partial charge is 0.281 e. The molecule has 0 amide bonds. The van der Waals surface area contributed by atoms with Gasteiger partial charge in [0.25, 0.3) is 10.2 Å². The van der Waals surface area contributed by atoms with Crippen LogP contribution in [-0.4, -0.2) is 55.8 Å². The van der Waals surface area contributed by atoms with Crippen LogP contribution in [0.15, 0.2) is 0 Å². The normalized spacial score (nSPS) is 21.6. The molecule has 0 radical (unpaired) electrons. The van der Waals surface area contributed by atoms with E-state index in [0.717, 1.165) is 19.4 Å². The van der Waals surface area contributed by atoms with Gasteiger partial charge >= 0.3 is 0 Å². The fourth-order valence-corrected chi connectivity index (χ4v) is 4.66. The van der Waals surface area contributed by atoms with Crippen LogP contribution >= 0.6 is 0 Å². The number of hydrogen-bond acceptors (Lipinski definition) is 3. The Labute approximate surface area is 131 Å². The lowest BCUT2D eigenvalue weighted by Gasteiger charge is -2.36. The third-order valence-electron chi connectivity index (χ3n) is 3.87. The Kier molecular flexibility index (Phi) is 7.60. The van der Waals surface area contributed by atoms with Crippen LogP contribution in [-0.2, 0) is 10.2 Å². The van der Waals surface area contributed by atoms with Crippen LogP contribution in [0.2, 0.25) is 0 Å². The summed E-state index contributed by atoms with van der Waals surface area (Å²) in [6.45, 7) is 13.6. The van der Waals surface area contributed by atoms with Gasteiger partial charge < -0.3 is 5.32 Å². The van der Waals surface area contributed by atoms with Crippen molar-refractivity contribution >= 4 is 10.2 Å². The van der Waals surface area contributed by atoms with E-state index in [-0.39, 0.29) is 0 Å². The first kappa shape index (κ1) is 18.9. The average molecular weight is 320 g/mol. The Morgan fingerprint density at radius 2 is 1.95 bits per heavy atom. The molecule has 0 saturated carbocycles. The molecule has 1 atom stereocenters. The Morgan fingerprint density at radius 1 is 1.29 bits per heavy atom. The van der Waals surface area contributed by atoms with Gasteiger partial charge in [-0.2, -0.15) is 17.0 Å². The molecule has 1 rings (SSSR count). The summed E-state index contributed by atoms with van der Waals surface area (Å²) in [4.78, 5) is 0. The van der Waals surface area contributed by atoms with Crippen molar-refractivity contribution in [3.8, 4) is 0 Å². The summed E-state index contributed by atoms with van der Waals surface area (Å²) in [6, 6.07) is 0.449. The van der Waals surface area contributed by atoms with Gasteiger partial charge in [0.05, 0.1) is 0 Å². The molecule has 1 N–H and O–H groups in total. The molecule has 1 aliphatic rings. The van der Waals surface area contributed by atoms with E-state index in [1.54, 1.807) is 8.61 Å². The Bertz CT molecular complexity index is 396. The van der Waals surface area contributed by atoms with Gasteiger partial charge in [-0.15, -0.1) is 0 Å². The van der Waals surface area contributed by atoms with Gasteiger partial charge in [-0.1, -0.05) is 34.6 Å². The predicted octanol–water partition coefficient (Wildman–Crippen LogP) is 1.92. The van der Waals surface area contributed by atoms with Crippen LogP contribution in [0.3, 0.4) is 0 Å². The third-order valence-corrected chi connectivity index (χ3v) is 5.91. The van der Waals surface area contributed by atoms with E-state index < -0.39 is 10.2 Å². The minimum atomic E-state index is -3.30. The molecular formula is C15H33N3O2S.